The summed E-state index contributed by atoms with van der Waals surface area (Å²) in [7, 11) is 0. The summed E-state index contributed by atoms with van der Waals surface area (Å²) in [6, 6.07) is 13.9. The van der Waals surface area contributed by atoms with Crippen LogP contribution in [0.1, 0.15) is 10.4 Å². The Labute approximate surface area is 138 Å². The van der Waals surface area contributed by atoms with Crippen molar-refractivity contribution in [2.75, 3.05) is 19.7 Å². The van der Waals surface area contributed by atoms with E-state index < -0.39 is 0 Å². The third kappa shape index (κ3) is 2.63. The van der Waals surface area contributed by atoms with E-state index in [1.807, 2.05) is 36.4 Å². The molecule has 4 rings (SSSR count). The SMILES string of the molecule is O=C(OCc1ccccc1)N1CC2CONC2(c2cccs2)C1. The maximum Gasteiger partial charge on any atom is 0.410 e. The Bertz CT molecular complexity index is 676. The maximum absolute atomic E-state index is 12.4. The molecule has 2 aliphatic heterocycles. The number of nitrogens with one attached hydrogen (secondary N) is 1. The minimum absolute atomic E-state index is 0.255. The number of benzene rings is 1. The number of ether oxygens (including phenoxy) is 1. The van der Waals surface area contributed by atoms with Gasteiger partial charge in [-0.15, -0.1) is 11.3 Å². The van der Waals surface area contributed by atoms with Gasteiger partial charge in [-0.2, -0.15) is 5.48 Å². The summed E-state index contributed by atoms with van der Waals surface area (Å²) in [6.07, 6.45) is -0.263. The Morgan fingerprint density at radius 3 is 3.00 bits per heavy atom. The Morgan fingerprint density at radius 1 is 1.35 bits per heavy atom. The van der Waals surface area contributed by atoms with E-state index >= 15 is 0 Å². The van der Waals surface area contributed by atoms with Crippen LogP contribution in [0.3, 0.4) is 0 Å². The van der Waals surface area contributed by atoms with Gasteiger partial charge >= 0.3 is 6.09 Å². The minimum atomic E-state index is -0.292. The number of carbonyl (C=O) groups is 1. The monoisotopic (exact) mass is 330 g/mol. The van der Waals surface area contributed by atoms with Gasteiger partial charge in [0.25, 0.3) is 0 Å². The average Bonchev–Trinajstić information content (AvgIpc) is 3.28. The molecule has 0 aliphatic carbocycles. The number of hydrogen-bond donors (Lipinski definition) is 1. The first kappa shape index (κ1) is 14.7. The van der Waals surface area contributed by atoms with E-state index in [2.05, 4.69) is 16.9 Å². The lowest BCUT2D eigenvalue weighted by Gasteiger charge is -2.26. The largest absolute Gasteiger partial charge is 0.445 e. The molecular weight excluding hydrogens is 312 g/mol. The minimum Gasteiger partial charge on any atom is -0.445 e. The second-order valence-electron chi connectivity index (χ2n) is 5.98. The van der Waals surface area contributed by atoms with Crippen LogP contribution < -0.4 is 5.48 Å². The molecule has 2 atom stereocenters. The van der Waals surface area contributed by atoms with Crippen molar-refractivity contribution in [2.45, 2.75) is 12.1 Å². The van der Waals surface area contributed by atoms with Crippen molar-refractivity contribution in [3.63, 3.8) is 0 Å². The number of fused-ring (bicyclic) bond motifs is 1. The van der Waals surface area contributed by atoms with Crippen LogP contribution in [-0.4, -0.2) is 30.7 Å². The molecule has 2 saturated heterocycles. The summed E-state index contributed by atoms with van der Waals surface area (Å²) in [4.78, 5) is 20.9. The fourth-order valence-corrected chi connectivity index (χ4v) is 4.25. The highest BCUT2D eigenvalue weighted by Gasteiger charge is 2.54. The zero-order valence-corrected chi connectivity index (χ0v) is 13.4. The van der Waals surface area contributed by atoms with Gasteiger partial charge in [0, 0.05) is 23.9 Å². The third-order valence-corrected chi connectivity index (χ3v) is 5.59. The molecule has 6 heteroatoms. The Balaban J connectivity index is 1.44. The standard InChI is InChI=1S/C17H18N2O3S/c20-16(21-10-13-5-2-1-3-6-13)19-9-14-11-22-18-17(14,12-19)15-7-4-8-23-15/h1-8,14,18H,9-12H2. The second-order valence-corrected chi connectivity index (χ2v) is 6.93. The van der Waals surface area contributed by atoms with Gasteiger partial charge in [0.2, 0.25) is 0 Å². The van der Waals surface area contributed by atoms with Gasteiger partial charge in [0.15, 0.2) is 0 Å². The zero-order valence-electron chi connectivity index (χ0n) is 12.6. The lowest BCUT2D eigenvalue weighted by atomic mass is 9.88. The molecule has 1 aromatic carbocycles. The number of thiophene rings is 1. The summed E-state index contributed by atoms with van der Waals surface area (Å²) in [6.45, 7) is 2.14. The molecule has 2 unspecified atom stereocenters. The molecule has 1 N–H and O–H groups in total. The van der Waals surface area contributed by atoms with Crippen molar-refractivity contribution in [1.82, 2.24) is 10.4 Å². The molecule has 1 amide bonds. The molecule has 120 valence electrons. The van der Waals surface area contributed by atoms with E-state index in [0.717, 1.165) is 5.56 Å². The van der Waals surface area contributed by atoms with E-state index in [9.17, 15) is 4.79 Å². The lowest BCUT2D eigenvalue weighted by Crippen LogP contribution is -2.43. The van der Waals surface area contributed by atoms with Gasteiger partial charge in [0.05, 0.1) is 6.61 Å². The topological polar surface area (TPSA) is 50.8 Å². The Hall–Kier alpha value is -1.89. The van der Waals surface area contributed by atoms with Crippen LogP contribution in [0.15, 0.2) is 47.8 Å². The van der Waals surface area contributed by atoms with Crippen molar-refractivity contribution in [1.29, 1.82) is 0 Å². The van der Waals surface area contributed by atoms with Crippen LogP contribution in [0.4, 0.5) is 4.79 Å². The molecule has 3 heterocycles. The summed E-state index contributed by atoms with van der Waals surface area (Å²) >= 11 is 1.69. The van der Waals surface area contributed by atoms with Crippen LogP contribution in [0, 0.1) is 5.92 Å². The number of likely N-dealkylation sites (tertiary alicyclic amines) is 1. The fraction of sp³-hybridized carbons (Fsp3) is 0.353. The predicted octanol–water partition coefficient (Wildman–Crippen LogP) is 2.75. The summed E-state index contributed by atoms with van der Waals surface area (Å²) in [5, 5.41) is 2.05. The van der Waals surface area contributed by atoms with Gasteiger partial charge < -0.3 is 14.5 Å². The number of hydroxylamine groups is 1. The highest BCUT2D eigenvalue weighted by atomic mass is 32.1. The molecule has 5 nitrogen and oxygen atoms in total. The normalized spacial score (nSPS) is 26.3. The first-order valence-corrected chi connectivity index (χ1v) is 8.54. The maximum atomic E-state index is 12.4. The number of rotatable bonds is 3. The summed E-state index contributed by atoms with van der Waals surface area (Å²) in [5.41, 5.74) is 3.86. The number of hydrogen-bond acceptors (Lipinski definition) is 5. The average molecular weight is 330 g/mol. The van der Waals surface area contributed by atoms with Gasteiger partial charge in [0.1, 0.15) is 12.1 Å². The molecule has 0 bridgehead atoms. The molecular formula is C17H18N2O3S. The molecule has 0 radical (unpaired) electrons. The number of amides is 1. The molecule has 1 aromatic heterocycles. The third-order valence-electron chi connectivity index (χ3n) is 4.54. The fourth-order valence-electron chi connectivity index (χ4n) is 3.31. The van der Waals surface area contributed by atoms with E-state index in [4.69, 9.17) is 9.57 Å². The number of carbonyl (C=O) groups excluding carboxylic acids is 1. The van der Waals surface area contributed by atoms with Crippen LogP contribution in [0.2, 0.25) is 0 Å². The molecule has 0 spiro atoms. The van der Waals surface area contributed by atoms with Crippen molar-refractivity contribution < 1.29 is 14.4 Å². The van der Waals surface area contributed by atoms with Crippen molar-refractivity contribution in [2.24, 2.45) is 5.92 Å². The smallest absolute Gasteiger partial charge is 0.410 e. The predicted molar refractivity (Wildman–Crippen MR) is 86.8 cm³/mol. The van der Waals surface area contributed by atoms with Crippen LogP contribution in [0.25, 0.3) is 0 Å². The van der Waals surface area contributed by atoms with Crippen molar-refractivity contribution in [3.05, 3.63) is 58.3 Å². The zero-order chi connectivity index (χ0) is 15.7. The first-order chi connectivity index (χ1) is 11.3. The van der Waals surface area contributed by atoms with E-state index in [-0.39, 0.29) is 17.6 Å². The van der Waals surface area contributed by atoms with Gasteiger partial charge in [-0.3, -0.25) is 0 Å². The lowest BCUT2D eigenvalue weighted by molar-refractivity contribution is 0.0434. The van der Waals surface area contributed by atoms with Crippen molar-refractivity contribution >= 4 is 17.4 Å². The second kappa shape index (κ2) is 5.96. The highest BCUT2D eigenvalue weighted by Crippen LogP contribution is 2.42. The molecule has 2 aliphatic rings. The molecule has 2 fully saturated rings. The van der Waals surface area contributed by atoms with E-state index in [0.29, 0.717) is 26.3 Å². The quantitative estimate of drug-likeness (QED) is 0.940. The Kier molecular flexibility index (Phi) is 3.80. The van der Waals surface area contributed by atoms with Gasteiger partial charge in [-0.25, -0.2) is 4.79 Å². The van der Waals surface area contributed by atoms with Crippen LogP contribution in [0.5, 0.6) is 0 Å². The van der Waals surface area contributed by atoms with E-state index in [1.54, 1.807) is 16.2 Å². The molecule has 23 heavy (non-hydrogen) atoms. The molecule has 2 aromatic rings. The first-order valence-electron chi connectivity index (χ1n) is 7.66. The van der Waals surface area contributed by atoms with Crippen molar-refractivity contribution in [3.8, 4) is 0 Å². The summed E-state index contributed by atoms with van der Waals surface area (Å²) in [5.74, 6) is 0.255. The van der Waals surface area contributed by atoms with E-state index in [1.165, 1.54) is 4.88 Å². The molecule has 0 saturated carbocycles. The highest BCUT2D eigenvalue weighted by molar-refractivity contribution is 7.10. The van der Waals surface area contributed by atoms with Crippen LogP contribution >= 0.6 is 11.3 Å². The van der Waals surface area contributed by atoms with Gasteiger partial charge in [-0.05, 0) is 17.0 Å². The van der Waals surface area contributed by atoms with Gasteiger partial charge in [-0.1, -0.05) is 36.4 Å². The van der Waals surface area contributed by atoms with Crippen LogP contribution in [-0.2, 0) is 21.7 Å². The number of nitrogens with zero attached hydrogens (tertiary/aromatic N) is 1. The Morgan fingerprint density at radius 2 is 2.22 bits per heavy atom. The summed E-state index contributed by atoms with van der Waals surface area (Å²) < 4.78 is 5.46.